The lowest BCUT2D eigenvalue weighted by Crippen LogP contribution is -2.60. The van der Waals surface area contributed by atoms with Crippen LogP contribution in [0.3, 0.4) is 0 Å². The van der Waals surface area contributed by atoms with Gasteiger partial charge >= 0.3 is 5.97 Å². The molecule has 0 aliphatic carbocycles. The number of benzene rings is 2. The van der Waals surface area contributed by atoms with Gasteiger partial charge < -0.3 is 24.5 Å². The number of nitrogens with zero attached hydrogens (tertiary/aromatic N) is 2. The Bertz CT molecular complexity index is 1350. The van der Waals surface area contributed by atoms with Gasteiger partial charge in [0, 0.05) is 30.0 Å². The highest BCUT2D eigenvalue weighted by molar-refractivity contribution is 5.98. The number of hydrogen-bond acceptors (Lipinski definition) is 5. The minimum atomic E-state index is -0.844. The first kappa shape index (κ1) is 23.0. The predicted octanol–water partition coefficient (Wildman–Crippen LogP) is 4.64. The second-order valence-electron chi connectivity index (χ2n) is 10.7. The summed E-state index contributed by atoms with van der Waals surface area (Å²) in [6.07, 6.45) is 2.66. The number of ether oxygens (including phenoxy) is 2. The number of aromatic amines is 1. The summed E-state index contributed by atoms with van der Waals surface area (Å²) in [6.45, 7) is 5.03. The largest absolute Gasteiger partial charge is 0.487 e. The van der Waals surface area contributed by atoms with E-state index < -0.39 is 17.1 Å². The molecule has 2 aromatic carbocycles. The number of carbonyl (C=O) groups is 2. The number of carbonyl (C=O) groups excluding carboxylic acids is 1. The highest BCUT2D eigenvalue weighted by atomic mass is 16.5. The number of aliphatic carboxylic acids is 1. The summed E-state index contributed by atoms with van der Waals surface area (Å²) in [7, 11) is 0. The first-order valence-electron chi connectivity index (χ1n) is 12.7. The number of aromatic nitrogens is 2. The molecular weight excluding hydrogens is 458 g/mol. The third kappa shape index (κ3) is 3.66. The molecule has 4 heterocycles. The molecular formula is C28H31N3O5. The molecule has 36 heavy (non-hydrogen) atoms. The molecule has 188 valence electrons. The van der Waals surface area contributed by atoms with Crippen molar-refractivity contribution in [1.82, 2.24) is 14.9 Å². The van der Waals surface area contributed by atoms with Crippen molar-refractivity contribution < 1.29 is 24.2 Å². The van der Waals surface area contributed by atoms with Gasteiger partial charge in [0.25, 0.3) is 5.91 Å². The lowest BCUT2D eigenvalue weighted by atomic mass is 9.68. The van der Waals surface area contributed by atoms with E-state index in [9.17, 15) is 14.7 Å². The fourth-order valence-corrected chi connectivity index (χ4v) is 6.55. The Hall–Kier alpha value is -3.39. The first-order chi connectivity index (χ1) is 17.3. The third-order valence-electron chi connectivity index (χ3n) is 8.37. The second-order valence-corrected chi connectivity index (χ2v) is 10.7. The second kappa shape index (κ2) is 8.34. The average molecular weight is 490 g/mol. The molecule has 8 nitrogen and oxygen atoms in total. The summed E-state index contributed by atoms with van der Waals surface area (Å²) < 4.78 is 13.1. The standard InChI is InChI=1S/C28H31N3O5/c1-17-29-21-9-8-18(14-22(21)30-17)26(34)31-13-5-11-28(31)15-20-25(35-16-28)19-6-3-4-7-23(19)36-27(20,2)12-10-24(32)33/h3-4,6-9,14,20,25H,5,10-13,15-16H2,1-2H3,(H,29,30)(H,32,33)/t20-,25+,27+,28+/m1/s1. The number of H-pyrrole nitrogens is 1. The Balaban J connectivity index is 1.33. The molecule has 2 saturated heterocycles. The minimum Gasteiger partial charge on any atom is -0.487 e. The van der Waals surface area contributed by atoms with Gasteiger partial charge in [-0.2, -0.15) is 0 Å². The zero-order chi connectivity index (χ0) is 25.1. The summed E-state index contributed by atoms with van der Waals surface area (Å²) in [5, 5.41) is 9.43. The van der Waals surface area contributed by atoms with Gasteiger partial charge in [-0.1, -0.05) is 18.2 Å². The van der Waals surface area contributed by atoms with E-state index in [-0.39, 0.29) is 24.3 Å². The summed E-state index contributed by atoms with van der Waals surface area (Å²) in [5.74, 6) is 0.644. The van der Waals surface area contributed by atoms with Gasteiger partial charge in [0.05, 0.1) is 29.3 Å². The molecule has 1 aromatic heterocycles. The zero-order valence-electron chi connectivity index (χ0n) is 20.6. The Morgan fingerprint density at radius 3 is 2.92 bits per heavy atom. The number of fused-ring (bicyclic) bond motifs is 4. The Labute approximate surface area is 209 Å². The van der Waals surface area contributed by atoms with Crippen LogP contribution in [0.4, 0.5) is 0 Å². The van der Waals surface area contributed by atoms with Crippen molar-refractivity contribution in [2.24, 2.45) is 5.92 Å². The normalized spacial score (nSPS) is 29.1. The van der Waals surface area contributed by atoms with Crippen LogP contribution in [0.25, 0.3) is 11.0 Å². The molecule has 1 amide bonds. The van der Waals surface area contributed by atoms with Crippen molar-refractivity contribution in [3.8, 4) is 5.75 Å². The molecule has 0 unspecified atom stereocenters. The topological polar surface area (TPSA) is 105 Å². The fraction of sp³-hybridized carbons (Fsp3) is 0.464. The Morgan fingerprint density at radius 2 is 2.08 bits per heavy atom. The van der Waals surface area contributed by atoms with Crippen LogP contribution >= 0.6 is 0 Å². The van der Waals surface area contributed by atoms with E-state index in [1.165, 1.54) is 0 Å². The number of rotatable bonds is 4. The lowest BCUT2D eigenvalue weighted by molar-refractivity contribution is -0.169. The molecule has 4 atom stereocenters. The van der Waals surface area contributed by atoms with E-state index in [4.69, 9.17) is 9.47 Å². The van der Waals surface area contributed by atoms with E-state index >= 15 is 0 Å². The van der Waals surface area contributed by atoms with Crippen LogP contribution in [0.15, 0.2) is 42.5 Å². The third-order valence-corrected chi connectivity index (χ3v) is 8.37. The van der Waals surface area contributed by atoms with Gasteiger partial charge in [-0.05, 0) is 63.8 Å². The van der Waals surface area contributed by atoms with E-state index in [1.54, 1.807) is 0 Å². The maximum atomic E-state index is 13.8. The van der Waals surface area contributed by atoms with Crippen LogP contribution in [0.2, 0.25) is 0 Å². The van der Waals surface area contributed by atoms with Gasteiger partial charge in [0.1, 0.15) is 17.2 Å². The summed E-state index contributed by atoms with van der Waals surface area (Å²) in [4.78, 5) is 35.0. The molecule has 6 rings (SSSR count). The zero-order valence-corrected chi connectivity index (χ0v) is 20.6. The molecule has 0 radical (unpaired) electrons. The van der Waals surface area contributed by atoms with E-state index in [0.29, 0.717) is 31.6 Å². The molecule has 3 aliphatic rings. The molecule has 2 fully saturated rings. The number of aryl methyl sites for hydroxylation is 1. The van der Waals surface area contributed by atoms with Gasteiger partial charge in [0.2, 0.25) is 0 Å². The van der Waals surface area contributed by atoms with Gasteiger partial charge in [-0.15, -0.1) is 0 Å². The lowest BCUT2D eigenvalue weighted by Gasteiger charge is -2.54. The first-order valence-corrected chi connectivity index (χ1v) is 12.7. The number of hydrogen-bond donors (Lipinski definition) is 2. The number of amides is 1. The van der Waals surface area contributed by atoms with Crippen molar-refractivity contribution in [3.05, 3.63) is 59.4 Å². The molecule has 1 spiro atoms. The number of para-hydroxylation sites is 1. The summed E-state index contributed by atoms with van der Waals surface area (Å²) in [6, 6.07) is 13.5. The number of nitrogens with one attached hydrogen (secondary N) is 1. The number of imidazole rings is 1. The molecule has 2 N–H and O–H groups in total. The van der Waals surface area contributed by atoms with Crippen LogP contribution in [0.5, 0.6) is 5.75 Å². The summed E-state index contributed by atoms with van der Waals surface area (Å²) in [5.41, 5.74) is 2.17. The van der Waals surface area contributed by atoms with Crippen LogP contribution in [0, 0.1) is 12.8 Å². The number of carboxylic acid groups (broad SMARTS) is 1. The van der Waals surface area contributed by atoms with Crippen molar-refractivity contribution in [3.63, 3.8) is 0 Å². The Morgan fingerprint density at radius 1 is 1.25 bits per heavy atom. The SMILES string of the molecule is Cc1nc2ccc(C(=O)N3CCC[C@]34CO[C@H]3c5ccccc5O[C@@](C)(CCC(=O)O)[C@@H]3C4)cc2[nH]1. The van der Waals surface area contributed by atoms with Crippen LogP contribution in [0.1, 0.15) is 66.9 Å². The molecule has 3 aromatic rings. The molecule has 0 bridgehead atoms. The van der Waals surface area contributed by atoms with E-state index in [2.05, 4.69) is 9.97 Å². The van der Waals surface area contributed by atoms with E-state index in [1.807, 2.05) is 61.2 Å². The molecule has 8 heteroatoms. The van der Waals surface area contributed by atoms with Crippen molar-refractivity contribution in [2.45, 2.75) is 63.2 Å². The van der Waals surface area contributed by atoms with Crippen molar-refractivity contribution in [2.75, 3.05) is 13.2 Å². The maximum absolute atomic E-state index is 13.8. The summed E-state index contributed by atoms with van der Waals surface area (Å²) >= 11 is 0. The Kier molecular flexibility index (Phi) is 5.33. The van der Waals surface area contributed by atoms with Crippen molar-refractivity contribution >= 4 is 22.9 Å². The van der Waals surface area contributed by atoms with Crippen LogP contribution in [-0.4, -0.2) is 56.1 Å². The van der Waals surface area contributed by atoms with Crippen molar-refractivity contribution in [1.29, 1.82) is 0 Å². The minimum absolute atomic E-state index is 0.00642. The fourth-order valence-electron chi connectivity index (χ4n) is 6.55. The highest BCUT2D eigenvalue weighted by Crippen LogP contribution is 2.55. The molecule has 3 aliphatic heterocycles. The number of carboxylic acids is 1. The maximum Gasteiger partial charge on any atom is 0.303 e. The van der Waals surface area contributed by atoms with Gasteiger partial charge in [-0.25, -0.2) is 4.98 Å². The monoisotopic (exact) mass is 489 g/mol. The average Bonchev–Trinajstić information content (AvgIpc) is 3.44. The number of likely N-dealkylation sites (tertiary alicyclic amines) is 1. The van der Waals surface area contributed by atoms with E-state index in [0.717, 1.165) is 41.0 Å². The predicted molar refractivity (Wildman–Crippen MR) is 133 cm³/mol. The quantitative estimate of drug-likeness (QED) is 0.553. The molecule has 0 saturated carbocycles. The smallest absolute Gasteiger partial charge is 0.303 e. The van der Waals surface area contributed by atoms with Gasteiger partial charge in [0.15, 0.2) is 0 Å². The van der Waals surface area contributed by atoms with Crippen LogP contribution < -0.4 is 4.74 Å². The van der Waals surface area contributed by atoms with Crippen LogP contribution in [-0.2, 0) is 9.53 Å². The highest BCUT2D eigenvalue weighted by Gasteiger charge is 2.57. The van der Waals surface area contributed by atoms with Gasteiger partial charge in [-0.3, -0.25) is 9.59 Å².